The number of hydrogen-bond acceptors (Lipinski definition) is 3. The van der Waals surface area contributed by atoms with Crippen LogP contribution in [0, 0.1) is 6.92 Å². The minimum Gasteiger partial charge on any atom is -0.318 e. The highest BCUT2D eigenvalue weighted by molar-refractivity contribution is 6.39. The van der Waals surface area contributed by atoms with Crippen molar-refractivity contribution in [1.82, 2.24) is 5.43 Å². The Bertz CT molecular complexity index is 735. The fraction of sp³-hybridized carbons (Fsp3) is 0.250. The van der Waals surface area contributed by atoms with Gasteiger partial charge in [0.05, 0.1) is 6.21 Å². The fourth-order valence-corrected chi connectivity index (χ4v) is 2.19. The molecule has 0 aromatic heterocycles. The first-order chi connectivity index (χ1) is 12.1. The molecular formula is C20H23N3O2. The number of rotatable bonds is 6. The van der Waals surface area contributed by atoms with Crippen molar-refractivity contribution in [3.63, 3.8) is 0 Å². The minimum absolute atomic E-state index is 0.586. The van der Waals surface area contributed by atoms with Crippen LogP contribution in [0.4, 0.5) is 5.69 Å². The summed E-state index contributed by atoms with van der Waals surface area (Å²) in [5.74, 6) is -1.55. The number of hydrazone groups is 1. The Morgan fingerprint density at radius 2 is 1.68 bits per heavy atom. The van der Waals surface area contributed by atoms with Crippen LogP contribution in [0.5, 0.6) is 0 Å². The predicted octanol–water partition coefficient (Wildman–Crippen LogP) is 3.43. The molecule has 2 rings (SSSR count). The zero-order valence-electron chi connectivity index (χ0n) is 14.6. The summed E-state index contributed by atoms with van der Waals surface area (Å²) in [4.78, 5) is 23.6. The highest BCUT2D eigenvalue weighted by atomic mass is 16.2. The molecule has 0 bridgehead atoms. The molecule has 0 aliphatic rings. The van der Waals surface area contributed by atoms with E-state index in [-0.39, 0.29) is 0 Å². The van der Waals surface area contributed by atoms with Crippen molar-refractivity contribution in [2.24, 2.45) is 5.10 Å². The lowest BCUT2D eigenvalue weighted by Crippen LogP contribution is -2.32. The van der Waals surface area contributed by atoms with E-state index < -0.39 is 11.8 Å². The van der Waals surface area contributed by atoms with E-state index in [0.29, 0.717) is 5.69 Å². The van der Waals surface area contributed by atoms with Gasteiger partial charge in [0.1, 0.15) is 0 Å². The van der Waals surface area contributed by atoms with Gasteiger partial charge in [-0.15, -0.1) is 0 Å². The number of nitrogens with zero attached hydrogens (tertiary/aromatic N) is 1. The zero-order chi connectivity index (χ0) is 18.1. The first-order valence-corrected chi connectivity index (χ1v) is 8.38. The van der Waals surface area contributed by atoms with Gasteiger partial charge < -0.3 is 5.32 Å². The van der Waals surface area contributed by atoms with E-state index >= 15 is 0 Å². The number of benzene rings is 2. The zero-order valence-corrected chi connectivity index (χ0v) is 14.6. The molecule has 25 heavy (non-hydrogen) atoms. The van der Waals surface area contributed by atoms with Crippen LogP contribution in [0.15, 0.2) is 53.6 Å². The fourth-order valence-electron chi connectivity index (χ4n) is 2.19. The Morgan fingerprint density at radius 1 is 1.00 bits per heavy atom. The Hall–Kier alpha value is -2.95. The van der Waals surface area contributed by atoms with Crippen molar-refractivity contribution >= 4 is 23.7 Å². The molecule has 0 aliphatic heterocycles. The van der Waals surface area contributed by atoms with Crippen LogP contribution < -0.4 is 10.7 Å². The maximum absolute atomic E-state index is 11.9. The Balaban J connectivity index is 1.83. The average molecular weight is 337 g/mol. The van der Waals surface area contributed by atoms with Crippen molar-refractivity contribution in [1.29, 1.82) is 0 Å². The number of unbranched alkanes of at least 4 members (excludes halogenated alkanes) is 1. The van der Waals surface area contributed by atoms with Crippen LogP contribution in [0.2, 0.25) is 0 Å². The highest BCUT2D eigenvalue weighted by Crippen LogP contribution is 2.11. The normalized spacial score (nSPS) is 10.6. The summed E-state index contributed by atoms with van der Waals surface area (Å²) in [7, 11) is 0. The van der Waals surface area contributed by atoms with Crippen molar-refractivity contribution in [3.05, 3.63) is 65.2 Å². The lowest BCUT2D eigenvalue weighted by molar-refractivity contribution is -0.136. The van der Waals surface area contributed by atoms with Gasteiger partial charge in [0, 0.05) is 5.69 Å². The smallest absolute Gasteiger partial charge is 0.318 e. The molecule has 0 aliphatic carbocycles. The van der Waals surface area contributed by atoms with Gasteiger partial charge in [-0.05, 0) is 43.0 Å². The summed E-state index contributed by atoms with van der Waals surface area (Å²) < 4.78 is 0. The quantitative estimate of drug-likeness (QED) is 0.482. The molecule has 0 heterocycles. The van der Waals surface area contributed by atoms with E-state index in [0.717, 1.165) is 30.4 Å². The number of nitrogens with one attached hydrogen (secondary N) is 2. The molecule has 0 fully saturated rings. The van der Waals surface area contributed by atoms with Gasteiger partial charge in [0.2, 0.25) is 0 Å². The molecule has 2 N–H and O–H groups in total. The van der Waals surface area contributed by atoms with Gasteiger partial charge >= 0.3 is 11.8 Å². The van der Waals surface area contributed by atoms with E-state index in [2.05, 4.69) is 22.8 Å². The van der Waals surface area contributed by atoms with Crippen LogP contribution >= 0.6 is 0 Å². The molecule has 0 spiro atoms. The maximum Gasteiger partial charge on any atom is 0.329 e. The topological polar surface area (TPSA) is 70.6 Å². The lowest BCUT2D eigenvalue weighted by Gasteiger charge is -2.05. The molecule has 2 amide bonds. The number of carbonyl (C=O) groups excluding carboxylic acids is 2. The molecule has 5 heteroatoms. The third kappa shape index (κ3) is 6.22. The van der Waals surface area contributed by atoms with E-state index in [1.807, 2.05) is 43.3 Å². The van der Waals surface area contributed by atoms with Gasteiger partial charge in [0.25, 0.3) is 0 Å². The highest BCUT2D eigenvalue weighted by Gasteiger charge is 2.12. The predicted molar refractivity (Wildman–Crippen MR) is 101 cm³/mol. The number of hydrogen-bond donors (Lipinski definition) is 2. The molecule has 0 radical (unpaired) electrons. The van der Waals surface area contributed by atoms with Crippen molar-refractivity contribution < 1.29 is 9.59 Å². The van der Waals surface area contributed by atoms with Crippen molar-refractivity contribution in [2.75, 3.05) is 5.32 Å². The number of anilines is 1. The standard InChI is InChI=1S/C20H23N3O2/c1-3-4-5-16-10-12-18(13-11-16)22-19(24)20(25)23-21-14-17-8-6-15(2)7-9-17/h6-14H,3-5H2,1-2H3,(H,22,24)(H,23,25)/b21-14-. The largest absolute Gasteiger partial charge is 0.329 e. The summed E-state index contributed by atoms with van der Waals surface area (Å²) in [6.07, 6.45) is 4.78. The first-order valence-electron chi connectivity index (χ1n) is 8.38. The summed E-state index contributed by atoms with van der Waals surface area (Å²) in [5.41, 5.74) is 6.01. The second-order valence-electron chi connectivity index (χ2n) is 5.86. The second-order valence-corrected chi connectivity index (χ2v) is 5.86. The van der Waals surface area contributed by atoms with E-state index in [1.165, 1.54) is 11.8 Å². The van der Waals surface area contributed by atoms with E-state index in [4.69, 9.17) is 0 Å². The summed E-state index contributed by atoms with van der Waals surface area (Å²) in [6, 6.07) is 15.2. The SMILES string of the molecule is CCCCc1ccc(NC(=O)C(=O)N/N=C\c2ccc(C)cc2)cc1. The van der Waals surface area contributed by atoms with Gasteiger partial charge in [-0.25, -0.2) is 5.43 Å². The third-order valence-corrected chi connectivity index (χ3v) is 3.69. The molecule has 2 aromatic rings. The number of amides is 2. The summed E-state index contributed by atoms with van der Waals surface area (Å²) >= 11 is 0. The first kappa shape index (κ1) is 18.4. The van der Waals surface area contributed by atoms with E-state index in [1.54, 1.807) is 12.1 Å². The number of carbonyl (C=O) groups is 2. The summed E-state index contributed by atoms with van der Waals surface area (Å²) in [5, 5.41) is 6.35. The second kappa shape index (κ2) is 9.37. The number of aryl methyl sites for hydroxylation is 2. The Kier molecular flexibility index (Phi) is 6.89. The molecule has 0 atom stereocenters. The molecule has 0 unspecified atom stereocenters. The Morgan fingerprint density at radius 3 is 2.32 bits per heavy atom. The van der Waals surface area contributed by atoms with Crippen LogP contribution in [0.3, 0.4) is 0 Å². The van der Waals surface area contributed by atoms with E-state index in [9.17, 15) is 9.59 Å². The van der Waals surface area contributed by atoms with Crippen LogP contribution in [0.25, 0.3) is 0 Å². The molecule has 0 saturated carbocycles. The summed E-state index contributed by atoms with van der Waals surface area (Å²) in [6.45, 7) is 4.14. The van der Waals surface area contributed by atoms with Crippen LogP contribution in [-0.4, -0.2) is 18.0 Å². The van der Waals surface area contributed by atoms with Gasteiger partial charge in [-0.3, -0.25) is 9.59 Å². The lowest BCUT2D eigenvalue weighted by atomic mass is 10.1. The molecule has 2 aromatic carbocycles. The monoisotopic (exact) mass is 337 g/mol. The molecular weight excluding hydrogens is 314 g/mol. The van der Waals surface area contributed by atoms with Crippen LogP contribution in [0.1, 0.15) is 36.5 Å². The van der Waals surface area contributed by atoms with Gasteiger partial charge in [-0.2, -0.15) is 5.10 Å². The average Bonchev–Trinajstić information content (AvgIpc) is 2.62. The van der Waals surface area contributed by atoms with Crippen molar-refractivity contribution in [2.45, 2.75) is 33.1 Å². The van der Waals surface area contributed by atoms with Gasteiger partial charge in [-0.1, -0.05) is 55.3 Å². The van der Waals surface area contributed by atoms with Crippen molar-refractivity contribution in [3.8, 4) is 0 Å². The molecule has 0 saturated heterocycles. The van der Waals surface area contributed by atoms with Gasteiger partial charge in [0.15, 0.2) is 0 Å². The van der Waals surface area contributed by atoms with Crippen LogP contribution in [-0.2, 0) is 16.0 Å². The maximum atomic E-state index is 11.9. The molecule has 5 nitrogen and oxygen atoms in total. The Labute approximate surface area is 148 Å². The third-order valence-electron chi connectivity index (χ3n) is 3.69. The minimum atomic E-state index is -0.807. The molecule has 130 valence electrons.